The Bertz CT molecular complexity index is 665. The van der Waals surface area contributed by atoms with Gasteiger partial charge >= 0.3 is 6.36 Å². The molecule has 0 fully saturated rings. The van der Waals surface area contributed by atoms with Crippen molar-refractivity contribution in [3.8, 4) is 5.75 Å². The van der Waals surface area contributed by atoms with Gasteiger partial charge in [0.15, 0.2) is 17.4 Å². The largest absolute Gasteiger partial charge is 0.573 e. The molecule has 0 spiro atoms. The minimum atomic E-state index is -4.89. The molecule has 21 heavy (non-hydrogen) atoms. The van der Waals surface area contributed by atoms with Crippen LogP contribution in [0.15, 0.2) is 28.9 Å². The van der Waals surface area contributed by atoms with Crippen LogP contribution in [0.3, 0.4) is 0 Å². The zero-order chi connectivity index (χ0) is 15.6. The molecule has 0 bridgehead atoms. The molecule has 0 aliphatic rings. The molecule has 2 rings (SSSR count). The zero-order valence-electron chi connectivity index (χ0n) is 10.1. The number of anilines is 3. The summed E-state index contributed by atoms with van der Waals surface area (Å²) in [7, 11) is 0. The van der Waals surface area contributed by atoms with Gasteiger partial charge in [0.1, 0.15) is 0 Å². The van der Waals surface area contributed by atoms with Crippen molar-refractivity contribution in [2.75, 3.05) is 11.1 Å². The number of hydrogen-bond acceptors (Lipinski definition) is 5. The van der Waals surface area contributed by atoms with E-state index >= 15 is 0 Å². The lowest BCUT2D eigenvalue weighted by molar-refractivity contribution is -0.274. The Balaban J connectivity index is 2.37. The molecule has 1 heterocycles. The highest BCUT2D eigenvalue weighted by Crippen LogP contribution is 2.34. The standard InChI is InChI=1S/C11H7BrF4N4O/c12-5-1-2-7(8(3-5)21-11(14,15)16)19-9-6(13)4-18-10(17)20-9/h1-4H,(H3,17,18,19,20). The maximum Gasteiger partial charge on any atom is 0.573 e. The number of nitrogens with zero attached hydrogens (tertiary/aromatic N) is 2. The summed E-state index contributed by atoms with van der Waals surface area (Å²) in [6.07, 6.45) is -4.09. The molecule has 0 amide bonds. The van der Waals surface area contributed by atoms with Gasteiger partial charge in [0.05, 0.1) is 11.9 Å². The molecule has 0 aliphatic heterocycles. The highest BCUT2D eigenvalue weighted by atomic mass is 79.9. The molecule has 5 nitrogen and oxygen atoms in total. The molecule has 1 aromatic carbocycles. The zero-order valence-corrected chi connectivity index (χ0v) is 11.7. The molecule has 1 aromatic heterocycles. The van der Waals surface area contributed by atoms with E-state index in [1.165, 1.54) is 12.1 Å². The van der Waals surface area contributed by atoms with Crippen molar-refractivity contribution in [1.29, 1.82) is 0 Å². The topological polar surface area (TPSA) is 73.1 Å². The second-order valence-electron chi connectivity index (χ2n) is 3.74. The summed E-state index contributed by atoms with van der Waals surface area (Å²) in [5.74, 6) is -2.01. The Kier molecular flexibility index (Phi) is 4.16. The van der Waals surface area contributed by atoms with Gasteiger partial charge in [-0.2, -0.15) is 4.98 Å². The summed E-state index contributed by atoms with van der Waals surface area (Å²) in [5, 5.41) is 2.38. The van der Waals surface area contributed by atoms with E-state index in [-0.39, 0.29) is 17.5 Å². The molecule has 0 saturated carbocycles. The Morgan fingerprint density at radius 2 is 2.00 bits per heavy atom. The summed E-state index contributed by atoms with van der Waals surface area (Å²) in [6.45, 7) is 0. The number of benzene rings is 1. The minimum absolute atomic E-state index is 0.132. The number of ether oxygens (including phenoxy) is 1. The molecule has 10 heteroatoms. The van der Waals surface area contributed by atoms with Crippen LogP contribution in [0.2, 0.25) is 0 Å². The van der Waals surface area contributed by atoms with Gasteiger partial charge in [-0.05, 0) is 18.2 Å². The third-order valence-corrected chi connectivity index (χ3v) is 2.68. The fraction of sp³-hybridized carbons (Fsp3) is 0.0909. The van der Waals surface area contributed by atoms with Crippen LogP contribution in [0, 0.1) is 5.82 Å². The normalized spacial score (nSPS) is 11.3. The second-order valence-corrected chi connectivity index (χ2v) is 4.65. The molecule has 0 aliphatic carbocycles. The van der Waals surface area contributed by atoms with Crippen molar-refractivity contribution in [3.05, 3.63) is 34.7 Å². The molecule has 0 radical (unpaired) electrons. The van der Waals surface area contributed by atoms with E-state index in [4.69, 9.17) is 5.73 Å². The van der Waals surface area contributed by atoms with Gasteiger partial charge < -0.3 is 15.8 Å². The first kappa shape index (κ1) is 15.3. The molecule has 0 atom stereocenters. The summed E-state index contributed by atoms with van der Waals surface area (Å²) in [5.41, 5.74) is 5.17. The van der Waals surface area contributed by atoms with Crippen LogP contribution < -0.4 is 15.8 Å². The maximum atomic E-state index is 13.5. The molecule has 112 valence electrons. The monoisotopic (exact) mass is 366 g/mol. The number of alkyl halides is 3. The van der Waals surface area contributed by atoms with E-state index in [1.54, 1.807) is 0 Å². The molecular formula is C11H7BrF4N4O. The van der Waals surface area contributed by atoms with Crippen molar-refractivity contribution < 1.29 is 22.3 Å². The van der Waals surface area contributed by atoms with Crippen LogP contribution in [0.4, 0.5) is 35.0 Å². The fourth-order valence-corrected chi connectivity index (χ4v) is 1.74. The van der Waals surface area contributed by atoms with E-state index in [0.717, 1.165) is 12.3 Å². The van der Waals surface area contributed by atoms with Crippen LogP contribution in [-0.2, 0) is 0 Å². The SMILES string of the molecule is Nc1ncc(F)c(Nc2ccc(Br)cc2OC(F)(F)F)n1. The summed E-state index contributed by atoms with van der Waals surface area (Å²) in [4.78, 5) is 6.97. The van der Waals surface area contributed by atoms with Crippen LogP contribution in [0.1, 0.15) is 0 Å². The third kappa shape index (κ3) is 4.18. The van der Waals surface area contributed by atoms with Crippen LogP contribution in [-0.4, -0.2) is 16.3 Å². The molecule has 0 saturated heterocycles. The summed E-state index contributed by atoms with van der Waals surface area (Å²) >= 11 is 3.02. The number of halogens is 5. The smallest absolute Gasteiger partial charge is 0.404 e. The molecular weight excluding hydrogens is 360 g/mol. The quantitative estimate of drug-likeness (QED) is 0.812. The Morgan fingerprint density at radius 3 is 2.67 bits per heavy atom. The van der Waals surface area contributed by atoms with Crippen LogP contribution >= 0.6 is 15.9 Å². The number of nitrogen functional groups attached to an aromatic ring is 1. The first-order chi connectivity index (χ1) is 9.74. The average Bonchev–Trinajstić information content (AvgIpc) is 2.35. The van der Waals surface area contributed by atoms with Gasteiger partial charge in [-0.15, -0.1) is 13.2 Å². The van der Waals surface area contributed by atoms with Crippen molar-refractivity contribution >= 4 is 33.4 Å². The summed E-state index contributed by atoms with van der Waals surface area (Å²) < 4.78 is 54.8. The number of aromatic nitrogens is 2. The predicted molar refractivity (Wildman–Crippen MR) is 70.5 cm³/mol. The predicted octanol–water partition coefficient (Wildman–Crippen LogP) is 3.60. The van der Waals surface area contributed by atoms with Gasteiger partial charge in [-0.25, -0.2) is 9.37 Å². The van der Waals surface area contributed by atoms with Gasteiger partial charge in [-0.3, -0.25) is 0 Å². The fourth-order valence-electron chi connectivity index (χ4n) is 1.40. The highest BCUT2D eigenvalue weighted by Gasteiger charge is 2.32. The minimum Gasteiger partial charge on any atom is -0.404 e. The van der Waals surface area contributed by atoms with Gasteiger partial charge in [0, 0.05) is 4.47 Å². The Labute approximate surface area is 124 Å². The first-order valence-electron chi connectivity index (χ1n) is 5.35. The van der Waals surface area contributed by atoms with Crippen molar-refractivity contribution in [1.82, 2.24) is 9.97 Å². The number of rotatable bonds is 3. The first-order valence-corrected chi connectivity index (χ1v) is 6.14. The van der Waals surface area contributed by atoms with Gasteiger partial charge in [0.2, 0.25) is 5.95 Å². The Hall–Kier alpha value is -2.10. The van der Waals surface area contributed by atoms with Gasteiger partial charge in [0.25, 0.3) is 0 Å². The van der Waals surface area contributed by atoms with E-state index < -0.39 is 17.9 Å². The van der Waals surface area contributed by atoms with E-state index in [0.29, 0.717) is 4.47 Å². The lowest BCUT2D eigenvalue weighted by atomic mass is 10.3. The number of hydrogen-bond donors (Lipinski definition) is 2. The highest BCUT2D eigenvalue weighted by molar-refractivity contribution is 9.10. The maximum absolute atomic E-state index is 13.5. The lowest BCUT2D eigenvalue weighted by Gasteiger charge is -2.15. The van der Waals surface area contributed by atoms with Crippen molar-refractivity contribution in [3.63, 3.8) is 0 Å². The van der Waals surface area contributed by atoms with Crippen LogP contribution in [0.5, 0.6) is 5.75 Å². The van der Waals surface area contributed by atoms with Crippen molar-refractivity contribution in [2.24, 2.45) is 0 Å². The van der Waals surface area contributed by atoms with Crippen molar-refractivity contribution in [2.45, 2.75) is 6.36 Å². The number of nitrogens with two attached hydrogens (primary N) is 1. The van der Waals surface area contributed by atoms with Crippen LogP contribution in [0.25, 0.3) is 0 Å². The Morgan fingerprint density at radius 1 is 1.29 bits per heavy atom. The van der Waals surface area contributed by atoms with Gasteiger partial charge in [-0.1, -0.05) is 15.9 Å². The molecule has 0 unspecified atom stereocenters. The van der Waals surface area contributed by atoms with E-state index in [2.05, 4.69) is 36.0 Å². The molecule has 2 aromatic rings. The molecule has 3 N–H and O–H groups in total. The summed E-state index contributed by atoms with van der Waals surface area (Å²) in [6, 6.07) is 3.80. The third-order valence-electron chi connectivity index (χ3n) is 2.19. The van der Waals surface area contributed by atoms with E-state index in [1.807, 2.05) is 0 Å². The number of nitrogens with one attached hydrogen (secondary N) is 1. The average molecular weight is 367 g/mol. The second kappa shape index (κ2) is 5.72. The lowest BCUT2D eigenvalue weighted by Crippen LogP contribution is -2.18. The van der Waals surface area contributed by atoms with E-state index in [9.17, 15) is 17.6 Å².